The molecule has 2 aromatic carbocycles. The molecule has 0 spiro atoms. The van der Waals surface area contributed by atoms with Gasteiger partial charge in [-0.05, 0) is 48.4 Å². The van der Waals surface area contributed by atoms with Crippen molar-refractivity contribution in [3.8, 4) is 11.4 Å². The van der Waals surface area contributed by atoms with E-state index in [2.05, 4.69) is 39.8 Å². The lowest BCUT2D eigenvalue weighted by Crippen LogP contribution is -2.15. The van der Waals surface area contributed by atoms with Crippen molar-refractivity contribution in [3.63, 3.8) is 0 Å². The molecule has 0 saturated carbocycles. The van der Waals surface area contributed by atoms with Crippen LogP contribution in [0.1, 0.15) is 35.4 Å². The van der Waals surface area contributed by atoms with Gasteiger partial charge in [-0.3, -0.25) is 4.79 Å². The normalized spacial score (nSPS) is 15.7. The van der Waals surface area contributed by atoms with Crippen LogP contribution in [0.3, 0.4) is 0 Å². The number of nitrogens with one attached hydrogen (secondary N) is 1. The minimum absolute atomic E-state index is 0.0601. The molecule has 4 rings (SSSR count). The van der Waals surface area contributed by atoms with Gasteiger partial charge in [0, 0.05) is 24.7 Å². The maximum atomic E-state index is 12.7. The van der Waals surface area contributed by atoms with Crippen LogP contribution in [0.5, 0.6) is 0 Å². The average molecular weight is 346 g/mol. The Morgan fingerprint density at radius 2 is 2.08 bits per heavy atom. The predicted octanol–water partition coefficient (Wildman–Crippen LogP) is 3.85. The lowest BCUT2D eigenvalue weighted by molar-refractivity contribution is -0.116. The van der Waals surface area contributed by atoms with Crippen molar-refractivity contribution in [2.24, 2.45) is 7.05 Å². The second kappa shape index (κ2) is 6.75. The third-order valence-corrected chi connectivity index (χ3v) is 5.25. The molecular weight excluding hydrogens is 324 g/mol. The summed E-state index contributed by atoms with van der Waals surface area (Å²) in [6.45, 7) is 2.00. The highest BCUT2D eigenvalue weighted by atomic mass is 16.1. The minimum atomic E-state index is 0.0601. The van der Waals surface area contributed by atoms with Gasteiger partial charge in [-0.25, -0.2) is 0 Å². The number of aromatic nitrogens is 3. The molecular formula is C21H22N4O. The number of fused-ring (bicyclic) bond motifs is 1. The molecule has 1 N–H and O–H groups in total. The molecule has 1 heterocycles. The van der Waals surface area contributed by atoms with Gasteiger partial charge >= 0.3 is 0 Å². The molecule has 1 aliphatic carbocycles. The largest absolute Gasteiger partial charge is 0.326 e. The number of amides is 1. The Bertz CT molecular complexity index is 960. The topological polar surface area (TPSA) is 59.8 Å². The highest BCUT2D eigenvalue weighted by Gasteiger charge is 2.24. The van der Waals surface area contributed by atoms with Crippen LogP contribution in [-0.4, -0.2) is 20.7 Å². The summed E-state index contributed by atoms with van der Waals surface area (Å²) in [5, 5.41) is 11.2. The van der Waals surface area contributed by atoms with Crippen molar-refractivity contribution in [1.82, 2.24) is 14.8 Å². The first kappa shape index (κ1) is 16.5. The van der Waals surface area contributed by atoms with Crippen LogP contribution in [-0.2, 0) is 18.3 Å². The number of hydrogen-bond acceptors (Lipinski definition) is 3. The zero-order chi connectivity index (χ0) is 18.1. The van der Waals surface area contributed by atoms with Crippen molar-refractivity contribution in [1.29, 1.82) is 0 Å². The fourth-order valence-electron chi connectivity index (χ4n) is 3.82. The van der Waals surface area contributed by atoms with Crippen LogP contribution in [0.15, 0.2) is 48.8 Å². The van der Waals surface area contributed by atoms with E-state index in [0.29, 0.717) is 12.3 Å². The van der Waals surface area contributed by atoms with Crippen molar-refractivity contribution in [3.05, 3.63) is 65.5 Å². The van der Waals surface area contributed by atoms with Gasteiger partial charge in [-0.1, -0.05) is 36.4 Å². The number of aryl methyl sites for hydroxylation is 2. The quantitative estimate of drug-likeness (QED) is 0.780. The number of benzene rings is 2. The Balaban J connectivity index is 1.51. The fraction of sp³-hybridized carbons (Fsp3) is 0.286. The molecule has 0 aliphatic heterocycles. The van der Waals surface area contributed by atoms with E-state index in [0.717, 1.165) is 35.5 Å². The highest BCUT2D eigenvalue weighted by molar-refractivity contribution is 5.93. The summed E-state index contributed by atoms with van der Waals surface area (Å²) in [4.78, 5) is 12.7. The zero-order valence-electron chi connectivity index (χ0n) is 15.1. The molecule has 0 bridgehead atoms. The molecule has 1 aromatic heterocycles. The van der Waals surface area contributed by atoms with Gasteiger partial charge in [-0.15, -0.1) is 10.2 Å². The Kier molecular flexibility index (Phi) is 4.29. The Hall–Kier alpha value is -2.95. The second-order valence-electron chi connectivity index (χ2n) is 6.93. The maximum Gasteiger partial charge on any atom is 0.224 e. The highest BCUT2D eigenvalue weighted by Crippen LogP contribution is 2.35. The lowest BCUT2D eigenvalue weighted by atomic mass is 9.97. The van der Waals surface area contributed by atoms with Gasteiger partial charge in [0.2, 0.25) is 5.91 Å². The van der Waals surface area contributed by atoms with E-state index in [9.17, 15) is 4.79 Å². The smallest absolute Gasteiger partial charge is 0.224 e. The van der Waals surface area contributed by atoms with Crippen LogP contribution in [0, 0.1) is 6.92 Å². The van der Waals surface area contributed by atoms with Gasteiger partial charge in [0.05, 0.1) is 0 Å². The Labute approximate surface area is 153 Å². The number of carbonyl (C=O) groups excluding carboxylic acids is 1. The van der Waals surface area contributed by atoms with E-state index in [1.807, 2.05) is 36.7 Å². The number of rotatable bonds is 4. The standard InChI is InChI=1S/C21H22N4O/c1-14-17(21-24-22-13-25(21)2)8-5-9-19(14)23-20(26)12-16-11-10-15-6-3-4-7-18(15)16/h3-9,13,16H,10-12H2,1-2H3,(H,23,26). The molecule has 5 heteroatoms. The first-order valence-corrected chi connectivity index (χ1v) is 8.95. The minimum Gasteiger partial charge on any atom is -0.326 e. The molecule has 1 atom stereocenters. The summed E-state index contributed by atoms with van der Waals surface area (Å²) in [5.74, 6) is 1.17. The molecule has 1 amide bonds. The summed E-state index contributed by atoms with van der Waals surface area (Å²) in [6.07, 6.45) is 4.31. The summed E-state index contributed by atoms with van der Waals surface area (Å²) >= 11 is 0. The monoisotopic (exact) mass is 346 g/mol. The number of anilines is 1. The molecule has 1 unspecified atom stereocenters. The lowest BCUT2D eigenvalue weighted by Gasteiger charge is -2.15. The van der Waals surface area contributed by atoms with Crippen LogP contribution >= 0.6 is 0 Å². The van der Waals surface area contributed by atoms with Gasteiger partial charge in [0.15, 0.2) is 5.82 Å². The van der Waals surface area contributed by atoms with Crippen LogP contribution in [0.25, 0.3) is 11.4 Å². The Morgan fingerprint density at radius 3 is 2.88 bits per heavy atom. The second-order valence-corrected chi connectivity index (χ2v) is 6.93. The zero-order valence-corrected chi connectivity index (χ0v) is 15.1. The predicted molar refractivity (Wildman–Crippen MR) is 102 cm³/mol. The molecule has 5 nitrogen and oxygen atoms in total. The Morgan fingerprint density at radius 1 is 1.23 bits per heavy atom. The van der Waals surface area contributed by atoms with Crippen molar-refractivity contribution in [2.75, 3.05) is 5.32 Å². The van der Waals surface area contributed by atoms with E-state index in [1.165, 1.54) is 11.1 Å². The van der Waals surface area contributed by atoms with Gasteiger partial charge in [0.25, 0.3) is 0 Å². The van der Waals surface area contributed by atoms with Crippen LogP contribution < -0.4 is 5.32 Å². The van der Waals surface area contributed by atoms with Gasteiger partial charge < -0.3 is 9.88 Å². The van der Waals surface area contributed by atoms with E-state index in [4.69, 9.17) is 0 Å². The summed E-state index contributed by atoms with van der Waals surface area (Å²) < 4.78 is 1.88. The van der Waals surface area contributed by atoms with Crippen LogP contribution in [0.2, 0.25) is 0 Å². The maximum absolute atomic E-state index is 12.7. The average Bonchev–Trinajstić information content (AvgIpc) is 3.24. The van der Waals surface area contributed by atoms with E-state index >= 15 is 0 Å². The van der Waals surface area contributed by atoms with Gasteiger partial charge in [-0.2, -0.15) is 0 Å². The van der Waals surface area contributed by atoms with Crippen molar-refractivity contribution >= 4 is 11.6 Å². The van der Waals surface area contributed by atoms with Crippen LogP contribution in [0.4, 0.5) is 5.69 Å². The molecule has 132 valence electrons. The summed E-state index contributed by atoms with van der Waals surface area (Å²) in [7, 11) is 1.91. The molecule has 0 saturated heterocycles. The van der Waals surface area contributed by atoms with E-state index < -0.39 is 0 Å². The first-order chi connectivity index (χ1) is 12.6. The fourth-order valence-corrected chi connectivity index (χ4v) is 3.82. The first-order valence-electron chi connectivity index (χ1n) is 8.95. The summed E-state index contributed by atoms with van der Waals surface area (Å²) in [5.41, 5.74) is 5.53. The number of hydrogen-bond donors (Lipinski definition) is 1. The molecule has 0 radical (unpaired) electrons. The van der Waals surface area contributed by atoms with E-state index in [1.54, 1.807) is 6.33 Å². The summed E-state index contributed by atoms with van der Waals surface area (Å²) in [6, 6.07) is 14.3. The molecule has 26 heavy (non-hydrogen) atoms. The molecule has 1 aliphatic rings. The van der Waals surface area contributed by atoms with Gasteiger partial charge in [0.1, 0.15) is 6.33 Å². The number of carbonyl (C=O) groups is 1. The number of nitrogens with zero attached hydrogens (tertiary/aromatic N) is 3. The SMILES string of the molecule is Cc1c(NC(=O)CC2CCc3ccccc32)cccc1-c1nncn1C. The van der Waals surface area contributed by atoms with Crippen molar-refractivity contribution < 1.29 is 4.79 Å². The third kappa shape index (κ3) is 3.01. The third-order valence-electron chi connectivity index (χ3n) is 5.25. The molecule has 0 fully saturated rings. The molecule has 3 aromatic rings. The van der Waals surface area contributed by atoms with E-state index in [-0.39, 0.29) is 5.91 Å². The van der Waals surface area contributed by atoms with Crippen molar-refractivity contribution in [2.45, 2.75) is 32.1 Å².